The number of morpholine rings is 1. The summed E-state index contributed by atoms with van der Waals surface area (Å²) in [7, 11) is 4.16. The summed E-state index contributed by atoms with van der Waals surface area (Å²) < 4.78 is 36.4. The maximum absolute atomic E-state index is 15.3. The predicted molar refractivity (Wildman–Crippen MR) is 162 cm³/mol. The smallest absolute Gasteiger partial charge is 0.229 e. The molecule has 42 heavy (non-hydrogen) atoms. The summed E-state index contributed by atoms with van der Waals surface area (Å²) in [6.45, 7) is 14.3. The van der Waals surface area contributed by atoms with E-state index in [9.17, 15) is 0 Å². The number of hydrogen-bond donors (Lipinski definition) is 1. The average molecular weight is 581 g/mol. The molecule has 1 saturated heterocycles. The fraction of sp³-hybridized carbons (Fsp3) is 0.548. The van der Waals surface area contributed by atoms with Crippen molar-refractivity contribution in [3.05, 3.63) is 59.2 Å². The lowest BCUT2D eigenvalue weighted by Gasteiger charge is -2.42. The van der Waals surface area contributed by atoms with E-state index in [-0.39, 0.29) is 23.3 Å². The molecule has 226 valence electrons. The number of nitrogens with one attached hydrogen (secondary N) is 1. The third-order valence-corrected chi connectivity index (χ3v) is 8.27. The number of amidine groups is 1. The summed E-state index contributed by atoms with van der Waals surface area (Å²) in [6.07, 6.45) is 5.62. The highest BCUT2D eigenvalue weighted by Gasteiger charge is 2.47. The molecule has 4 heterocycles. The van der Waals surface area contributed by atoms with Crippen molar-refractivity contribution in [2.24, 2.45) is 4.99 Å². The highest BCUT2D eigenvalue weighted by molar-refractivity contribution is 5.87. The Morgan fingerprint density at radius 1 is 1.14 bits per heavy atom. The van der Waals surface area contributed by atoms with Crippen molar-refractivity contribution in [3.63, 3.8) is 0 Å². The summed E-state index contributed by atoms with van der Waals surface area (Å²) in [6, 6.07) is 3.98. The molecule has 11 heteroatoms. The molecule has 2 aromatic heterocycles. The molecule has 2 atom stereocenters. The molecule has 0 spiro atoms. The van der Waals surface area contributed by atoms with Crippen LogP contribution in [0.25, 0.3) is 5.57 Å². The first-order valence-corrected chi connectivity index (χ1v) is 14.6. The Labute approximate surface area is 247 Å². The maximum Gasteiger partial charge on any atom is 0.229 e. The molecule has 0 amide bonds. The second-order valence-electron chi connectivity index (χ2n) is 12.6. The van der Waals surface area contributed by atoms with Crippen LogP contribution in [0.3, 0.4) is 0 Å². The zero-order valence-electron chi connectivity index (χ0n) is 25.7. The van der Waals surface area contributed by atoms with Gasteiger partial charge in [0.2, 0.25) is 5.95 Å². The first-order chi connectivity index (χ1) is 19.9. The normalized spacial score (nSPS) is 24.8. The minimum atomic E-state index is -0.723. The molecular weight excluding hydrogens is 538 g/mol. The van der Waals surface area contributed by atoms with Crippen LogP contribution < -0.4 is 5.32 Å². The van der Waals surface area contributed by atoms with Crippen LogP contribution in [0.15, 0.2) is 47.1 Å². The van der Waals surface area contributed by atoms with Gasteiger partial charge in [-0.25, -0.2) is 28.7 Å². The van der Waals surface area contributed by atoms with Crippen molar-refractivity contribution in [3.8, 4) is 0 Å². The Balaban J connectivity index is 1.28. The van der Waals surface area contributed by atoms with Crippen LogP contribution in [0.1, 0.15) is 58.7 Å². The van der Waals surface area contributed by atoms with Gasteiger partial charge in [-0.3, -0.25) is 4.90 Å². The van der Waals surface area contributed by atoms with Crippen LogP contribution >= 0.6 is 0 Å². The molecule has 0 radical (unpaired) electrons. The average Bonchev–Trinajstić information content (AvgIpc) is 3.20. The summed E-state index contributed by atoms with van der Waals surface area (Å²) >= 11 is 0. The second-order valence-corrected chi connectivity index (χ2v) is 12.6. The molecule has 1 aliphatic carbocycles. The summed E-state index contributed by atoms with van der Waals surface area (Å²) in [5.41, 5.74) is 1.10. The Morgan fingerprint density at radius 3 is 2.62 bits per heavy atom. The fourth-order valence-electron chi connectivity index (χ4n) is 6.41. The van der Waals surface area contributed by atoms with Gasteiger partial charge in [-0.2, -0.15) is 0 Å². The van der Waals surface area contributed by atoms with Gasteiger partial charge in [0.25, 0.3) is 0 Å². The molecule has 0 saturated carbocycles. The maximum atomic E-state index is 15.3. The van der Waals surface area contributed by atoms with E-state index >= 15 is 8.78 Å². The van der Waals surface area contributed by atoms with E-state index in [1.54, 1.807) is 0 Å². The molecule has 2 aliphatic heterocycles. The molecule has 5 rings (SSSR count). The SMILES string of the molecule is CC1=NC2=C(F)C=C(c3nc(Nc4ccc(CN5CCOC(C)(CCN(C)C)C5)cn4)ncc3F)CC2(C)N1C(C)C. The number of nitrogens with zero attached hydrogens (tertiary/aromatic N) is 7. The third-order valence-electron chi connectivity index (χ3n) is 8.27. The number of allylic oxidation sites excluding steroid dienone is 2. The van der Waals surface area contributed by atoms with Crippen LogP contribution in [0.4, 0.5) is 20.5 Å². The van der Waals surface area contributed by atoms with Gasteiger partial charge in [-0.15, -0.1) is 0 Å². The van der Waals surface area contributed by atoms with Crippen molar-refractivity contribution in [2.45, 2.75) is 71.2 Å². The van der Waals surface area contributed by atoms with Gasteiger partial charge in [0.15, 0.2) is 5.82 Å². The zero-order valence-corrected chi connectivity index (χ0v) is 25.7. The largest absolute Gasteiger partial charge is 0.373 e. The second kappa shape index (κ2) is 11.8. The van der Waals surface area contributed by atoms with Crippen LogP contribution in [0.5, 0.6) is 0 Å². The molecule has 0 aromatic carbocycles. The van der Waals surface area contributed by atoms with Crippen LogP contribution in [-0.4, -0.2) is 93.0 Å². The highest BCUT2D eigenvalue weighted by atomic mass is 19.1. The van der Waals surface area contributed by atoms with Gasteiger partial charge >= 0.3 is 0 Å². The summed E-state index contributed by atoms with van der Waals surface area (Å²) in [5, 5.41) is 3.08. The number of aromatic nitrogens is 3. The molecule has 9 nitrogen and oxygen atoms in total. The molecule has 1 fully saturated rings. The lowest BCUT2D eigenvalue weighted by Crippen LogP contribution is -2.50. The van der Waals surface area contributed by atoms with Gasteiger partial charge in [-0.05, 0) is 78.4 Å². The van der Waals surface area contributed by atoms with Crippen molar-refractivity contribution in [1.29, 1.82) is 0 Å². The van der Waals surface area contributed by atoms with Crippen molar-refractivity contribution in [2.75, 3.05) is 45.7 Å². The zero-order chi connectivity index (χ0) is 30.2. The van der Waals surface area contributed by atoms with Crippen LogP contribution in [0, 0.1) is 5.82 Å². The number of pyridine rings is 1. The van der Waals surface area contributed by atoms with Crippen LogP contribution in [0.2, 0.25) is 0 Å². The van der Waals surface area contributed by atoms with Gasteiger partial charge in [0, 0.05) is 44.8 Å². The van der Waals surface area contributed by atoms with Gasteiger partial charge in [0.05, 0.1) is 23.9 Å². The number of halogens is 2. The lowest BCUT2D eigenvalue weighted by molar-refractivity contribution is -0.106. The topological polar surface area (TPSA) is 82.0 Å². The van der Waals surface area contributed by atoms with Crippen molar-refractivity contribution < 1.29 is 13.5 Å². The van der Waals surface area contributed by atoms with E-state index in [2.05, 4.69) is 61.0 Å². The Bertz CT molecular complexity index is 1410. The minimum Gasteiger partial charge on any atom is -0.373 e. The fourth-order valence-corrected chi connectivity index (χ4v) is 6.41. The van der Waals surface area contributed by atoms with E-state index < -0.39 is 17.2 Å². The molecule has 3 aliphatic rings. The number of hydrogen-bond acceptors (Lipinski definition) is 9. The van der Waals surface area contributed by atoms with E-state index in [4.69, 9.17) is 4.74 Å². The molecular formula is C31H42F2N8O. The van der Waals surface area contributed by atoms with E-state index in [1.807, 2.05) is 46.0 Å². The Morgan fingerprint density at radius 2 is 1.93 bits per heavy atom. The predicted octanol–water partition coefficient (Wildman–Crippen LogP) is 5.17. The number of fused-ring (bicyclic) bond motifs is 1. The van der Waals surface area contributed by atoms with Crippen molar-refractivity contribution in [1.82, 2.24) is 29.7 Å². The minimum absolute atomic E-state index is 0.0671. The first kappa shape index (κ1) is 30.2. The van der Waals surface area contributed by atoms with Crippen molar-refractivity contribution >= 4 is 23.2 Å². The molecule has 2 aromatic rings. The van der Waals surface area contributed by atoms with E-state index in [0.717, 1.165) is 50.2 Å². The number of anilines is 2. The van der Waals surface area contributed by atoms with Gasteiger partial charge in [0.1, 0.15) is 28.9 Å². The summed E-state index contributed by atoms with van der Waals surface area (Å²) in [5.74, 6) is 0.406. The standard InChI is InChI=1S/C31H42F2N8O/c1-20(2)41-21(3)36-28-24(32)14-23(15-31(28,41)5)27-25(33)17-35-29(38-27)37-26-9-8-22(16-34-26)18-40-12-13-42-30(4,19-40)10-11-39(6)7/h8-9,14,16-17,20H,10-13,15,18-19H2,1-7H3,(H,34,35,37,38). The highest BCUT2D eigenvalue weighted by Crippen LogP contribution is 2.46. The quantitative estimate of drug-likeness (QED) is 0.435. The molecule has 1 N–H and O–H groups in total. The number of ether oxygens (including phenoxy) is 1. The monoisotopic (exact) mass is 580 g/mol. The lowest BCUT2D eigenvalue weighted by atomic mass is 9.82. The van der Waals surface area contributed by atoms with Crippen LogP contribution in [-0.2, 0) is 11.3 Å². The molecule has 2 unspecified atom stereocenters. The molecule has 0 bridgehead atoms. The van der Waals surface area contributed by atoms with E-state index in [1.165, 1.54) is 6.08 Å². The summed E-state index contributed by atoms with van der Waals surface area (Å²) in [4.78, 5) is 24.3. The van der Waals surface area contributed by atoms with E-state index in [0.29, 0.717) is 30.1 Å². The Hall–Kier alpha value is -3.28. The van der Waals surface area contributed by atoms with Gasteiger partial charge < -0.3 is 19.9 Å². The number of rotatable bonds is 9. The first-order valence-electron chi connectivity index (χ1n) is 14.6. The Kier molecular flexibility index (Phi) is 8.46. The number of aliphatic imine (C=N–C) groups is 1. The third kappa shape index (κ3) is 6.23. The van der Waals surface area contributed by atoms with Gasteiger partial charge in [-0.1, -0.05) is 6.07 Å².